The first kappa shape index (κ1) is 18.0. The maximum absolute atomic E-state index is 13.3. The molecule has 2 aromatic heterocycles. The number of carbonyl (C=O) groups is 1. The van der Waals surface area contributed by atoms with Crippen molar-refractivity contribution in [1.82, 2.24) is 14.3 Å². The first-order chi connectivity index (χ1) is 13.5. The number of aryl methyl sites for hydroxylation is 1. The minimum atomic E-state index is -0.340. The second-order valence-corrected chi connectivity index (χ2v) is 6.71. The maximum Gasteiger partial charge on any atom is 0.261 e. The number of anilines is 1. The molecule has 28 heavy (non-hydrogen) atoms. The number of amides is 1. The SMILES string of the molecule is Cc1ccc(Cl)cc1NC(=O)c1cnn(-c2ccc(F)cc2)c1-n1cccc1. The molecule has 0 bridgehead atoms. The Labute approximate surface area is 166 Å². The van der Waals surface area contributed by atoms with Crippen LogP contribution in [0, 0.1) is 12.7 Å². The van der Waals surface area contributed by atoms with Crippen LogP contribution in [-0.4, -0.2) is 20.3 Å². The molecule has 0 atom stereocenters. The molecule has 0 fully saturated rings. The zero-order valence-corrected chi connectivity index (χ0v) is 15.7. The summed E-state index contributed by atoms with van der Waals surface area (Å²) in [5.74, 6) is -0.107. The second kappa shape index (κ2) is 7.32. The number of rotatable bonds is 4. The fraction of sp³-hybridized carbons (Fsp3) is 0.0476. The van der Waals surface area contributed by atoms with E-state index in [1.54, 1.807) is 33.5 Å². The van der Waals surface area contributed by atoms with E-state index in [0.29, 0.717) is 27.8 Å². The predicted octanol–water partition coefficient (Wildman–Crippen LogP) is 5.02. The summed E-state index contributed by atoms with van der Waals surface area (Å²) in [4.78, 5) is 13.0. The monoisotopic (exact) mass is 394 g/mol. The molecule has 1 amide bonds. The molecule has 0 unspecified atom stereocenters. The Bertz CT molecular complexity index is 1130. The molecular weight excluding hydrogens is 379 g/mol. The lowest BCUT2D eigenvalue weighted by atomic mass is 10.2. The average Bonchev–Trinajstić information content (AvgIpc) is 3.34. The van der Waals surface area contributed by atoms with Crippen LogP contribution in [0.5, 0.6) is 0 Å². The topological polar surface area (TPSA) is 51.9 Å². The zero-order chi connectivity index (χ0) is 19.7. The summed E-state index contributed by atoms with van der Waals surface area (Å²) in [5.41, 5.74) is 2.54. The number of halogens is 2. The molecule has 0 saturated carbocycles. The predicted molar refractivity (Wildman–Crippen MR) is 107 cm³/mol. The van der Waals surface area contributed by atoms with E-state index < -0.39 is 0 Å². The van der Waals surface area contributed by atoms with Crippen LogP contribution in [0.25, 0.3) is 11.5 Å². The van der Waals surface area contributed by atoms with E-state index >= 15 is 0 Å². The van der Waals surface area contributed by atoms with Crippen LogP contribution in [0.1, 0.15) is 15.9 Å². The van der Waals surface area contributed by atoms with Crippen molar-refractivity contribution in [1.29, 1.82) is 0 Å². The van der Waals surface area contributed by atoms with Gasteiger partial charge in [0.1, 0.15) is 11.4 Å². The quantitative estimate of drug-likeness (QED) is 0.528. The van der Waals surface area contributed by atoms with Gasteiger partial charge in [-0.1, -0.05) is 17.7 Å². The first-order valence-corrected chi connectivity index (χ1v) is 8.95. The van der Waals surface area contributed by atoms with Gasteiger partial charge in [-0.15, -0.1) is 0 Å². The number of hydrogen-bond acceptors (Lipinski definition) is 2. The number of aromatic nitrogens is 3. The minimum absolute atomic E-state index is 0.317. The molecule has 4 aromatic rings. The molecule has 4 rings (SSSR count). The molecule has 0 aliphatic carbocycles. The Hall–Kier alpha value is -3.38. The van der Waals surface area contributed by atoms with Gasteiger partial charge in [0.05, 0.1) is 11.9 Å². The summed E-state index contributed by atoms with van der Waals surface area (Å²) >= 11 is 6.05. The summed E-state index contributed by atoms with van der Waals surface area (Å²) in [6, 6.07) is 14.9. The number of benzene rings is 2. The van der Waals surface area contributed by atoms with Crippen LogP contribution >= 0.6 is 11.6 Å². The Morgan fingerprint density at radius 1 is 1.11 bits per heavy atom. The Morgan fingerprint density at radius 3 is 2.54 bits per heavy atom. The van der Waals surface area contributed by atoms with Crippen LogP contribution in [0.15, 0.2) is 73.2 Å². The van der Waals surface area contributed by atoms with Gasteiger partial charge in [-0.25, -0.2) is 9.07 Å². The van der Waals surface area contributed by atoms with Gasteiger partial charge in [-0.3, -0.25) is 4.79 Å². The third-order valence-corrected chi connectivity index (χ3v) is 4.59. The van der Waals surface area contributed by atoms with E-state index in [0.717, 1.165) is 5.56 Å². The third kappa shape index (κ3) is 3.42. The van der Waals surface area contributed by atoms with Crippen molar-refractivity contribution in [3.63, 3.8) is 0 Å². The van der Waals surface area contributed by atoms with E-state index in [9.17, 15) is 9.18 Å². The van der Waals surface area contributed by atoms with Crippen LogP contribution < -0.4 is 5.32 Å². The summed E-state index contributed by atoms with van der Waals surface area (Å²) in [7, 11) is 0. The molecule has 0 spiro atoms. The van der Waals surface area contributed by atoms with Crippen molar-refractivity contribution < 1.29 is 9.18 Å². The fourth-order valence-electron chi connectivity index (χ4n) is 2.92. The molecule has 0 radical (unpaired) electrons. The third-order valence-electron chi connectivity index (χ3n) is 4.36. The van der Waals surface area contributed by atoms with Crippen molar-refractivity contribution in [3.05, 3.63) is 95.2 Å². The molecule has 0 aliphatic heterocycles. The molecule has 7 heteroatoms. The molecule has 5 nitrogen and oxygen atoms in total. The van der Waals surface area contributed by atoms with Crippen molar-refractivity contribution in [2.45, 2.75) is 6.92 Å². The van der Waals surface area contributed by atoms with Crippen LogP contribution in [0.2, 0.25) is 5.02 Å². The Kier molecular flexibility index (Phi) is 4.71. The highest BCUT2D eigenvalue weighted by Crippen LogP contribution is 2.24. The molecular formula is C21H16ClFN4O. The highest BCUT2D eigenvalue weighted by atomic mass is 35.5. The smallest absolute Gasteiger partial charge is 0.261 e. The lowest BCUT2D eigenvalue weighted by molar-refractivity contribution is 0.102. The van der Waals surface area contributed by atoms with Crippen molar-refractivity contribution in [2.75, 3.05) is 5.32 Å². The minimum Gasteiger partial charge on any atom is -0.322 e. The summed E-state index contributed by atoms with van der Waals surface area (Å²) in [5, 5.41) is 7.79. The average molecular weight is 395 g/mol. The first-order valence-electron chi connectivity index (χ1n) is 8.58. The number of nitrogens with one attached hydrogen (secondary N) is 1. The number of nitrogens with zero attached hydrogens (tertiary/aromatic N) is 3. The van der Waals surface area contributed by atoms with Crippen LogP contribution in [-0.2, 0) is 0 Å². The fourth-order valence-corrected chi connectivity index (χ4v) is 3.09. The second-order valence-electron chi connectivity index (χ2n) is 6.27. The van der Waals surface area contributed by atoms with Crippen LogP contribution in [0.4, 0.5) is 10.1 Å². The lowest BCUT2D eigenvalue weighted by Crippen LogP contribution is -2.16. The zero-order valence-electron chi connectivity index (χ0n) is 14.9. The molecule has 0 saturated heterocycles. The highest BCUT2D eigenvalue weighted by Gasteiger charge is 2.20. The van der Waals surface area contributed by atoms with Gasteiger partial charge in [0, 0.05) is 23.1 Å². The summed E-state index contributed by atoms with van der Waals surface area (Å²) in [6.07, 6.45) is 5.13. The van der Waals surface area contributed by atoms with Gasteiger partial charge >= 0.3 is 0 Å². The van der Waals surface area contributed by atoms with Crippen molar-refractivity contribution >= 4 is 23.2 Å². The molecule has 0 aliphatic rings. The maximum atomic E-state index is 13.3. The normalized spacial score (nSPS) is 10.8. The van der Waals surface area contributed by atoms with Gasteiger partial charge in [-0.05, 0) is 61.0 Å². The molecule has 140 valence electrons. The standard InChI is InChI=1S/C21H16ClFN4O/c1-14-4-5-15(22)12-19(14)25-20(28)18-13-24-27(17-8-6-16(23)7-9-17)21(18)26-10-2-3-11-26/h2-13H,1H3,(H,25,28). The molecule has 1 N–H and O–H groups in total. The molecule has 2 heterocycles. The van der Waals surface area contributed by atoms with Crippen LogP contribution in [0.3, 0.4) is 0 Å². The largest absolute Gasteiger partial charge is 0.322 e. The van der Waals surface area contributed by atoms with Gasteiger partial charge in [0.2, 0.25) is 0 Å². The van der Waals surface area contributed by atoms with E-state index in [4.69, 9.17) is 11.6 Å². The Balaban J connectivity index is 1.78. The summed E-state index contributed by atoms with van der Waals surface area (Å²) in [6.45, 7) is 1.89. The highest BCUT2D eigenvalue weighted by molar-refractivity contribution is 6.31. The van der Waals surface area contributed by atoms with Gasteiger partial charge in [0.15, 0.2) is 5.82 Å². The van der Waals surface area contributed by atoms with Gasteiger partial charge in [-0.2, -0.15) is 5.10 Å². The van der Waals surface area contributed by atoms with E-state index in [-0.39, 0.29) is 11.7 Å². The number of hydrogen-bond donors (Lipinski definition) is 1. The van der Waals surface area contributed by atoms with Crippen molar-refractivity contribution in [2.24, 2.45) is 0 Å². The summed E-state index contributed by atoms with van der Waals surface area (Å²) < 4.78 is 16.7. The van der Waals surface area contributed by atoms with E-state index in [1.165, 1.54) is 18.3 Å². The van der Waals surface area contributed by atoms with E-state index in [2.05, 4.69) is 10.4 Å². The van der Waals surface area contributed by atoms with Gasteiger partial charge in [0.25, 0.3) is 5.91 Å². The van der Waals surface area contributed by atoms with Gasteiger partial charge < -0.3 is 9.88 Å². The van der Waals surface area contributed by atoms with Crippen molar-refractivity contribution in [3.8, 4) is 11.5 Å². The Morgan fingerprint density at radius 2 is 1.82 bits per heavy atom. The lowest BCUT2D eigenvalue weighted by Gasteiger charge is -2.12. The number of carbonyl (C=O) groups excluding carboxylic acids is 1. The molecule has 2 aromatic carbocycles. The van der Waals surface area contributed by atoms with E-state index in [1.807, 2.05) is 37.5 Å².